The van der Waals surface area contributed by atoms with Gasteiger partial charge in [0, 0.05) is 23.6 Å². The van der Waals surface area contributed by atoms with Crippen molar-refractivity contribution < 1.29 is 9.34 Å². The standard InChI is InChI=1S/C14H13N7O3S/c15-20-12(8-1-2-8)17-19-14(20)25-7-11-16-18-13(24-11)9-3-5-10(6-4-9)21(22)23/h3-6,8H,1-2,7,15H2. The van der Waals surface area contributed by atoms with Crippen molar-refractivity contribution in [3.8, 4) is 11.5 Å². The highest BCUT2D eigenvalue weighted by Crippen LogP contribution is 2.39. The minimum atomic E-state index is -0.460. The highest BCUT2D eigenvalue weighted by atomic mass is 32.2. The predicted molar refractivity (Wildman–Crippen MR) is 88.1 cm³/mol. The van der Waals surface area contributed by atoms with Gasteiger partial charge < -0.3 is 10.3 Å². The number of non-ortho nitro benzene ring substituents is 1. The lowest BCUT2D eigenvalue weighted by Crippen LogP contribution is -2.13. The quantitative estimate of drug-likeness (QED) is 0.303. The van der Waals surface area contributed by atoms with Crippen LogP contribution >= 0.6 is 11.8 Å². The van der Waals surface area contributed by atoms with Crippen molar-refractivity contribution in [3.63, 3.8) is 0 Å². The van der Waals surface area contributed by atoms with Crippen molar-refractivity contribution in [1.82, 2.24) is 25.1 Å². The van der Waals surface area contributed by atoms with E-state index >= 15 is 0 Å². The number of rotatable bonds is 6. The van der Waals surface area contributed by atoms with Crippen LogP contribution in [0.3, 0.4) is 0 Å². The van der Waals surface area contributed by atoms with E-state index in [1.165, 1.54) is 28.6 Å². The van der Waals surface area contributed by atoms with Gasteiger partial charge in [-0.05, 0) is 25.0 Å². The third-order valence-electron chi connectivity index (χ3n) is 3.75. The number of nitro groups is 1. The van der Waals surface area contributed by atoms with Crippen LogP contribution in [-0.4, -0.2) is 30.0 Å². The van der Waals surface area contributed by atoms with Crippen LogP contribution in [0.15, 0.2) is 33.8 Å². The molecule has 4 rings (SSSR count). The molecule has 0 unspecified atom stereocenters. The molecule has 1 aromatic carbocycles. The van der Waals surface area contributed by atoms with Gasteiger partial charge in [0.25, 0.3) is 5.69 Å². The number of hydrogen-bond donors (Lipinski definition) is 1. The largest absolute Gasteiger partial charge is 0.420 e. The fraction of sp³-hybridized carbons (Fsp3) is 0.286. The van der Waals surface area contributed by atoms with Gasteiger partial charge in [-0.25, -0.2) is 4.68 Å². The summed E-state index contributed by atoms with van der Waals surface area (Å²) in [5.74, 6) is 8.34. The molecule has 1 aliphatic carbocycles. The van der Waals surface area contributed by atoms with Crippen LogP contribution in [0.5, 0.6) is 0 Å². The second-order valence-corrected chi connectivity index (χ2v) is 6.52. The molecule has 25 heavy (non-hydrogen) atoms. The minimum absolute atomic E-state index is 0.00722. The van der Waals surface area contributed by atoms with Gasteiger partial charge in [-0.15, -0.1) is 20.4 Å². The molecular weight excluding hydrogens is 346 g/mol. The molecule has 128 valence electrons. The number of thioether (sulfide) groups is 1. The van der Waals surface area contributed by atoms with Crippen molar-refractivity contribution in [1.29, 1.82) is 0 Å². The molecule has 0 spiro atoms. The molecule has 10 nitrogen and oxygen atoms in total. The Morgan fingerprint density at radius 3 is 2.68 bits per heavy atom. The smallest absolute Gasteiger partial charge is 0.269 e. The highest BCUT2D eigenvalue weighted by molar-refractivity contribution is 7.98. The summed E-state index contributed by atoms with van der Waals surface area (Å²) in [6.07, 6.45) is 2.20. The van der Waals surface area contributed by atoms with E-state index in [0.717, 1.165) is 18.7 Å². The molecule has 0 saturated heterocycles. The van der Waals surface area contributed by atoms with Gasteiger partial charge in [-0.3, -0.25) is 10.1 Å². The second-order valence-electron chi connectivity index (χ2n) is 5.58. The van der Waals surface area contributed by atoms with E-state index in [1.54, 1.807) is 12.1 Å². The Kier molecular flexibility index (Phi) is 3.84. The monoisotopic (exact) mass is 359 g/mol. The van der Waals surface area contributed by atoms with Gasteiger partial charge in [0.2, 0.25) is 16.9 Å². The third-order valence-corrected chi connectivity index (χ3v) is 4.68. The van der Waals surface area contributed by atoms with Crippen LogP contribution in [0.4, 0.5) is 5.69 Å². The molecule has 11 heteroatoms. The number of benzene rings is 1. The molecule has 0 amide bonds. The first-order valence-electron chi connectivity index (χ1n) is 7.52. The number of aromatic nitrogens is 5. The van der Waals surface area contributed by atoms with Crippen LogP contribution < -0.4 is 5.84 Å². The van der Waals surface area contributed by atoms with E-state index in [-0.39, 0.29) is 5.69 Å². The topological polar surface area (TPSA) is 139 Å². The summed E-state index contributed by atoms with van der Waals surface area (Å²) in [4.78, 5) is 10.2. The number of nitrogens with zero attached hydrogens (tertiary/aromatic N) is 6. The maximum atomic E-state index is 10.7. The molecule has 2 N–H and O–H groups in total. The Morgan fingerprint density at radius 1 is 1.24 bits per heavy atom. The van der Waals surface area contributed by atoms with Crippen LogP contribution in [0, 0.1) is 10.1 Å². The Hall–Kier alpha value is -2.95. The molecule has 1 saturated carbocycles. The zero-order valence-electron chi connectivity index (χ0n) is 12.9. The summed E-state index contributed by atoms with van der Waals surface area (Å²) in [6.45, 7) is 0. The van der Waals surface area contributed by atoms with Crippen molar-refractivity contribution in [3.05, 3.63) is 46.1 Å². The Labute approximate surface area is 145 Å². The van der Waals surface area contributed by atoms with Gasteiger partial charge in [0.1, 0.15) is 0 Å². The van der Waals surface area contributed by atoms with E-state index in [0.29, 0.717) is 34.2 Å². The molecule has 1 aliphatic rings. The third kappa shape index (κ3) is 3.18. The highest BCUT2D eigenvalue weighted by Gasteiger charge is 2.30. The first-order valence-corrected chi connectivity index (χ1v) is 8.51. The summed E-state index contributed by atoms with van der Waals surface area (Å²) in [7, 11) is 0. The molecule has 0 aliphatic heterocycles. The molecule has 1 fully saturated rings. The summed E-state index contributed by atoms with van der Waals surface area (Å²) < 4.78 is 7.10. The van der Waals surface area contributed by atoms with Gasteiger partial charge >= 0.3 is 0 Å². The molecule has 2 aromatic heterocycles. The maximum absolute atomic E-state index is 10.7. The zero-order chi connectivity index (χ0) is 17.4. The van der Waals surface area contributed by atoms with Gasteiger partial charge in [-0.2, -0.15) is 0 Å². The molecule has 0 radical (unpaired) electrons. The lowest BCUT2D eigenvalue weighted by molar-refractivity contribution is -0.384. The number of nitrogen functional groups attached to an aromatic ring is 1. The van der Waals surface area contributed by atoms with Crippen LogP contribution in [0.1, 0.15) is 30.5 Å². The Balaban J connectivity index is 1.43. The minimum Gasteiger partial charge on any atom is -0.420 e. The van der Waals surface area contributed by atoms with Crippen LogP contribution in [0.25, 0.3) is 11.5 Å². The summed E-state index contributed by atoms with van der Waals surface area (Å²) in [6, 6.07) is 5.93. The van der Waals surface area contributed by atoms with Crippen LogP contribution in [-0.2, 0) is 5.75 Å². The molecule has 3 aromatic rings. The van der Waals surface area contributed by atoms with E-state index in [9.17, 15) is 10.1 Å². The lowest BCUT2D eigenvalue weighted by Gasteiger charge is -2.00. The normalized spacial score (nSPS) is 13.9. The fourth-order valence-corrected chi connectivity index (χ4v) is 2.99. The SMILES string of the molecule is Nn1c(SCc2nnc(-c3ccc([N+](=O)[O-])cc3)o2)nnc1C1CC1. The van der Waals surface area contributed by atoms with E-state index in [2.05, 4.69) is 20.4 Å². The Morgan fingerprint density at radius 2 is 2.00 bits per heavy atom. The van der Waals surface area contributed by atoms with E-state index < -0.39 is 4.92 Å². The molecule has 0 bridgehead atoms. The van der Waals surface area contributed by atoms with E-state index in [1.807, 2.05) is 0 Å². The molecule has 2 heterocycles. The van der Waals surface area contributed by atoms with Crippen molar-refractivity contribution in [2.45, 2.75) is 29.7 Å². The first-order chi connectivity index (χ1) is 12.1. The maximum Gasteiger partial charge on any atom is 0.269 e. The number of nitro benzene ring substituents is 1. The summed E-state index contributed by atoms with van der Waals surface area (Å²) in [5.41, 5.74) is 0.625. The van der Waals surface area contributed by atoms with Crippen LogP contribution in [0.2, 0.25) is 0 Å². The zero-order valence-corrected chi connectivity index (χ0v) is 13.7. The summed E-state index contributed by atoms with van der Waals surface area (Å²) in [5, 5.41) is 27.4. The number of nitrogens with two attached hydrogens (primary N) is 1. The Bertz CT molecular complexity index is 917. The second kappa shape index (κ2) is 6.16. The summed E-state index contributed by atoms with van der Waals surface area (Å²) >= 11 is 1.36. The number of hydrogen-bond acceptors (Lipinski definition) is 9. The lowest BCUT2D eigenvalue weighted by atomic mass is 10.2. The molecule has 0 atom stereocenters. The average molecular weight is 359 g/mol. The van der Waals surface area contributed by atoms with Gasteiger partial charge in [-0.1, -0.05) is 11.8 Å². The first kappa shape index (κ1) is 15.6. The van der Waals surface area contributed by atoms with Gasteiger partial charge in [0.15, 0.2) is 5.82 Å². The predicted octanol–water partition coefficient (Wildman–Crippen LogP) is 2.12. The van der Waals surface area contributed by atoms with E-state index in [4.69, 9.17) is 10.3 Å². The fourth-order valence-electron chi connectivity index (χ4n) is 2.29. The molecular formula is C14H13N7O3S. The van der Waals surface area contributed by atoms with Crippen molar-refractivity contribution in [2.75, 3.05) is 5.84 Å². The van der Waals surface area contributed by atoms with Crippen molar-refractivity contribution in [2.24, 2.45) is 0 Å². The van der Waals surface area contributed by atoms with Crippen molar-refractivity contribution >= 4 is 17.4 Å². The van der Waals surface area contributed by atoms with Gasteiger partial charge in [0.05, 0.1) is 10.7 Å². The average Bonchev–Trinajstić information content (AvgIpc) is 3.23.